The van der Waals surface area contributed by atoms with Gasteiger partial charge in [-0.3, -0.25) is 0 Å². The van der Waals surface area contributed by atoms with Gasteiger partial charge in [-0.25, -0.2) is 4.79 Å². The van der Waals surface area contributed by atoms with Gasteiger partial charge in [-0.1, -0.05) is 31.5 Å². The van der Waals surface area contributed by atoms with Gasteiger partial charge in [0.15, 0.2) is 0 Å². The molecule has 1 unspecified atom stereocenters. The van der Waals surface area contributed by atoms with E-state index in [0.29, 0.717) is 5.02 Å². The molecule has 0 saturated heterocycles. The Labute approximate surface area is 100 Å². The predicted octanol–water partition coefficient (Wildman–Crippen LogP) is 3.17. The van der Waals surface area contributed by atoms with Crippen molar-refractivity contribution in [1.29, 1.82) is 0 Å². The molecule has 0 saturated carbocycles. The van der Waals surface area contributed by atoms with Gasteiger partial charge in [-0.15, -0.1) is 0 Å². The molecule has 1 rings (SSSR count). The van der Waals surface area contributed by atoms with Gasteiger partial charge in [0.1, 0.15) is 6.04 Å². The maximum Gasteiger partial charge on any atom is 0.326 e. The monoisotopic (exact) mass is 241 g/mol. The van der Waals surface area contributed by atoms with E-state index in [1.165, 1.54) is 0 Å². The van der Waals surface area contributed by atoms with Crippen molar-refractivity contribution in [2.75, 3.05) is 5.32 Å². The summed E-state index contributed by atoms with van der Waals surface area (Å²) in [7, 11) is 0. The molecule has 0 aliphatic rings. The molecule has 1 aromatic carbocycles. The summed E-state index contributed by atoms with van der Waals surface area (Å²) >= 11 is 5.97. The van der Waals surface area contributed by atoms with Crippen LogP contribution >= 0.6 is 11.6 Å². The molecule has 0 radical (unpaired) electrons. The number of halogens is 1. The SMILES string of the molecule is Cc1c(Cl)cccc1NC(C(=O)O)C(C)C. The second kappa shape index (κ2) is 5.21. The summed E-state index contributed by atoms with van der Waals surface area (Å²) in [6, 6.07) is 4.82. The van der Waals surface area contributed by atoms with Gasteiger partial charge in [0.05, 0.1) is 0 Å². The van der Waals surface area contributed by atoms with Gasteiger partial charge in [0, 0.05) is 10.7 Å². The standard InChI is InChI=1S/C12H16ClNO2/c1-7(2)11(12(15)16)14-10-6-4-5-9(13)8(10)3/h4-7,11,14H,1-3H3,(H,15,16). The van der Waals surface area contributed by atoms with Crippen molar-refractivity contribution in [2.45, 2.75) is 26.8 Å². The Morgan fingerprint density at radius 2 is 2.06 bits per heavy atom. The van der Waals surface area contributed by atoms with Crippen LogP contribution in [0.15, 0.2) is 18.2 Å². The lowest BCUT2D eigenvalue weighted by Gasteiger charge is -2.20. The minimum Gasteiger partial charge on any atom is -0.480 e. The van der Waals surface area contributed by atoms with E-state index < -0.39 is 12.0 Å². The molecule has 0 heterocycles. The highest BCUT2D eigenvalue weighted by Crippen LogP contribution is 2.24. The number of carboxylic acids is 1. The highest BCUT2D eigenvalue weighted by Gasteiger charge is 2.21. The third kappa shape index (κ3) is 2.89. The first-order chi connectivity index (χ1) is 7.43. The molecule has 4 heteroatoms. The lowest BCUT2D eigenvalue weighted by molar-refractivity contribution is -0.138. The van der Waals surface area contributed by atoms with Crippen LogP contribution in [0.2, 0.25) is 5.02 Å². The normalized spacial score (nSPS) is 12.6. The number of benzene rings is 1. The van der Waals surface area contributed by atoms with Crippen LogP contribution in [0.5, 0.6) is 0 Å². The first-order valence-corrected chi connectivity index (χ1v) is 5.55. The fourth-order valence-corrected chi connectivity index (χ4v) is 1.62. The molecule has 0 amide bonds. The quantitative estimate of drug-likeness (QED) is 0.851. The van der Waals surface area contributed by atoms with Crippen molar-refractivity contribution in [3.63, 3.8) is 0 Å². The van der Waals surface area contributed by atoms with Crippen LogP contribution in [-0.4, -0.2) is 17.1 Å². The molecular weight excluding hydrogens is 226 g/mol. The van der Waals surface area contributed by atoms with Crippen LogP contribution in [0, 0.1) is 12.8 Å². The zero-order chi connectivity index (χ0) is 12.3. The third-order valence-corrected chi connectivity index (χ3v) is 2.92. The van der Waals surface area contributed by atoms with Crippen LogP contribution in [0.1, 0.15) is 19.4 Å². The average Bonchev–Trinajstić information content (AvgIpc) is 2.19. The average molecular weight is 242 g/mol. The maximum atomic E-state index is 11.0. The largest absolute Gasteiger partial charge is 0.480 e. The molecule has 0 aliphatic carbocycles. The van der Waals surface area contributed by atoms with E-state index in [1.54, 1.807) is 12.1 Å². The topological polar surface area (TPSA) is 49.3 Å². The van der Waals surface area contributed by atoms with E-state index in [-0.39, 0.29) is 5.92 Å². The zero-order valence-corrected chi connectivity index (χ0v) is 10.4. The van der Waals surface area contributed by atoms with Gasteiger partial charge >= 0.3 is 5.97 Å². The Kier molecular flexibility index (Phi) is 4.19. The molecule has 0 spiro atoms. The summed E-state index contributed by atoms with van der Waals surface area (Å²) in [6.45, 7) is 5.60. The summed E-state index contributed by atoms with van der Waals surface area (Å²) in [5, 5.41) is 12.7. The second-order valence-corrected chi connectivity index (χ2v) is 4.52. The number of carboxylic acid groups (broad SMARTS) is 1. The molecule has 88 valence electrons. The third-order valence-electron chi connectivity index (χ3n) is 2.51. The van der Waals surface area contributed by atoms with Crippen LogP contribution in [0.4, 0.5) is 5.69 Å². The first-order valence-electron chi connectivity index (χ1n) is 5.18. The van der Waals surface area contributed by atoms with E-state index in [4.69, 9.17) is 16.7 Å². The fourth-order valence-electron chi connectivity index (χ4n) is 1.44. The van der Waals surface area contributed by atoms with E-state index in [1.807, 2.05) is 26.8 Å². The van der Waals surface area contributed by atoms with E-state index in [0.717, 1.165) is 11.3 Å². The highest BCUT2D eigenvalue weighted by molar-refractivity contribution is 6.31. The summed E-state index contributed by atoms with van der Waals surface area (Å²) < 4.78 is 0. The smallest absolute Gasteiger partial charge is 0.326 e. The number of aliphatic carboxylic acids is 1. The van der Waals surface area contributed by atoms with E-state index in [2.05, 4.69) is 5.32 Å². The van der Waals surface area contributed by atoms with E-state index in [9.17, 15) is 4.79 Å². The number of carbonyl (C=O) groups is 1. The van der Waals surface area contributed by atoms with Crippen molar-refractivity contribution in [3.8, 4) is 0 Å². The van der Waals surface area contributed by atoms with Gasteiger partial charge < -0.3 is 10.4 Å². The Morgan fingerprint density at radius 1 is 1.44 bits per heavy atom. The van der Waals surface area contributed by atoms with E-state index >= 15 is 0 Å². The number of hydrogen-bond acceptors (Lipinski definition) is 2. The molecule has 0 aromatic heterocycles. The fraction of sp³-hybridized carbons (Fsp3) is 0.417. The molecule has 3 nitrogen and oxygen atoms in total. The lowest BCUT2D eigenvalue weighted by atomic mass is 10.0. The Balaban J connectivity index is 2.94. The number of rotatable bonds is 4. The minimum atomic E-state index is -0.852. The van der Waals surface area contributed by atoms with Crippen LogP contribution in [-0.2, 0) is 4.79 Å². The highest BCUT2D eigenvalue weighted by atomic mass is 35.5. The van der Waals surface area contributed by atoms with Crippen molar-refractivity contribution in [3.05, 3.63) is 28.8 Å². The first kappa shape index (κ1) is 12.8. The number of anilines is 1. The lowest BCUT2D eigenvalue weighted by Crippen LogP contribution is -2.34. The van der Waals surface area contributed by atoms with Crippen molar-refractivity contribution >= 4 is 23.3 Å². The Hall–Kier alpha value is -1.22. The minimum absolute atomic E-state index is 0.0101. The second-order valence-electron chi connectivity index (χ2n) is 4.12. The molecule has 0 fully saturated rings. The number of hydrogen-bond donors (Lipinski definition) is 2. The number of nitrogens with one attached hydrogen (secondary N) is 1. The molecule has 16 heavy (non-hydrogen) atoms. The van der Waals surface area contributed by atoms with Crippen LogP contribution in [0.25, 0.3) is 0 Å². The molecular formula is C12H16ClNO2. The molecule has 0 bridgehead atoms. The molecule has 0 aliphatic heterocycles. The summed E-state index contributed by atoms with van der Waals surface area (Å²) in [5.74, 6) is -0.842. The summed E-state index contributed by atoms with van der Waals surface area (Å²) in [5.41, 5.74) is 1.64. The van der Waals surface area contributed by atoms with Gasteiger partial charge in [0.25, 0.3) is 0 Å². The van der Waals surface area contributed by atoms with Crippen molar-refractivity contribution in [1.82, 2.24) is 0 Å². The molecule has 1 atom stereocenters. The zero-order valence-electron chi connectivity index (χ0n) is 9.62. The summed E-state index contributed by atoms with van der Waals surface area (Å²) in [6.07, 6.45) is 0. The molecule has 1 aromatic rings. The predicted molar refractivity (Wildman–Crippen MR) is 66.1 cm³/mol. The maximum absolute atomic E-state index is 11.0. The van der Waals surface area contributed by atoms with Gasteiger partial charge in [0.2, 0.25) is 0 Å². The van der Waals surface area contributed by atoms with Crippen LogP contribution < -0.4 is 5.32 Å². The van der Waals surface area contributed by atoms with Gasteiger partial charge in [-0.05, 0) is 30.5 Å². The van der Waals surface area contributed by atoms with Crippen molar-refractivity contribution in [2.24, 2.45) is 5.92 Å². The van der Waals surface area contributed by atoms with Crippen LogP contribution in [0.3, 0.4) is 0 Å². The Bertz CT molecular complexity index is 391. The Morgan fingerprint density at radius 3 is 2.56 bits per heavy atom. The van der Waals surface area contributed by atoms with Gasteiger partial charge in [-0.2, -0.15) is 0 Å². The van der Waals surface area contributed by atoms with Crippen molar-refractivity contribution < 1.29 is 9.90 Å². The summed E-state index contributed by atoms with van der Waals surface area (Å²) in [4.78, 5) is 11.0. The molecule has 2 N–H and O–H groups in total.